The summed E-state index contributed by atoms with van der Waals surface area (Å²) < 4.78 is 65.6. The summed E-state index contributed by atoms with van der Waals surface area (Å²) >= 11 is 0. The van der Waals surface area contributed by atoms with E-state index in [0.717, 1.165) is 39.0 Å². The number of carbonyl (C=O) groups is 4. The third-order valence-electron chi connectivity index (χ3n) is 6.47. The molecule has 0 fully saturated rings. The first kappa shape index (κ1) is 40.9. The second-order valence-corrected chi connectivity index (χ2v) is 12.0. The Morgan fingerprint density at radius 1 is 0.886 bits per heavy atom. The van der Waals surface area contributed by atoms with Crippen LogP contribution in [-0.4, -0.2) is 95.2 Å². The number of halogens is 6. The molecule has 0 aromatic carbocycles. The van der Waals surface area contributed by atoms with Gasteiger partial charge in [0.15, 0.2) is 0 Å². The summed E-state index contributed by atoms with van der Waals surface area (Å²) in [5.74, 6) is -4.19. The van der Waals surface area contributed by atoms with Gasteiger partial charge >= 0.3 is 12.4 Å². The van der Waals surface area contributed by atoms with Crippen molar-refractivity contribution in [3.8, 4) is 0 Å². The van der Waals surface area contributed by atoms with Crippen molar-refractivity contribution in [3.05, 3.63) is 0 Å². The molecule has 0 unspecified atom stereocenters. The van der Waals surface area contributed by atoms with Crippen LogP contribution in [-0.2, 0) is 19.2 Å². The van der Waals surface area contributed by atoms with E-state index in [1.807, 2.05) is 13.8 Å². The average Bonchev–Trinajstić information content (AvgIpc) is 3.32. The summed E-state index contributed by atoms with van der Waals surface area (Å²) in [6.07, 6.45) is -5.35. The Hall–Kier alpha value is -3.11. The number of carboxylic acids is 2. The Labute approximate surface area is 253 Å². The van der Waals surface area contributed by atoms with Crippen LogP contribution in [0, 0.1) is 11.8 Å². The van der Waals surface area contributed by atoms with Crippen molar-refractivity contribution in [3.63, 3.8) is 0 Å². The fourth-order valence-corrected chi connectivity index (χ4v) is 4.54. The lowest BCUT2D eigenvalue weighted by Gasteiger charge is -2.32. The van der Waals surface area contributed by atoms with Crippen LogP contribution in [0.2, 0.25) is 0 Å². The molecule has 0 saturated carbocycles. The van der Waals surface area contributed by atoms with E-state index in [1.165, 1.54) is 18.7 Å². The molecular weight excluding hydrogens is 604 g/mol. The van der Waals surface area contributed by atoms with Crippen LogP contribution in [0.1, 0.15) is 73.6 Å². The van der Waals surface area contributed by atoms with Gasteiger partial charge in [-0.25, -0.2) is 0 Å². The predicted molar refractivity (Wildman–Crippen MR) is 144 cm³/mol. The lowest BCUT2D eigenvalue weighted by molar-refractivity contribution is -0.530. The maximum Gasteiger partial charge on any atom is 0.430 e. The molecule has 2 aliphatic heterocycles. The minimum absolute atomic E-state index is 0.0473. The first-order valence-corrected chi connectivity index (χ1v) is 14.2. The van der Waals surface area contributed by atoms with Crippen molar-refractivity contribution in [2.75, 3.05) is 26.2 Å². The number of amidine groups is 1. The van der Waals surface area contributed by atoms with Gasteiger partial charge in [0.1, 0.15) is 24.0 Å². The van der Waals surface area contributed by atoms with E-state index in [-0.39, 0.29) is 17.9 Å². The van der Waals surface area contributed by atoms with E-state index in [1.54, 1.807) is 13.8 Å². The Bertz CT molecular complexity index is 990. The SMILES string of the molecule is CC(C)C[C@@H](CN1CCC[N+]2=C1CCC2)NC(=O)C(C)(C)NC(=O)[C@@H](N)CC(C)C.O=C([O-])C(F)(F)F.O=C([O-])C(F)(F)F. The molecule has 0 saturated heterocycles. The summed E-state index contributed by atoms with van der Waals surface area (Å²) in [6, 6.07) is -0.548. The number of hydrogen-bond acceptors (Lipinski definition) is 8. The summed E-state index contributed by atoms with van der Waals surface area (Å²) in [4.78, 5) is 45.6. The number of nitrogens with one attached hydrogen (secondary N) is 2. The Kier molecular flexibility index (Phi) is 16.2. The molecule has 17 heteroatoms. The molecule has 2 heterocycles. The fraction of sp³-hybridized carbons (Fsp3) is 0.815. The van der Waals surface area contributed by atoms with Crippen LogP contribution in [0.4, 0.5) is 26.3 Å². The Morgan fingerprint density at radius 2 is 1.34 bits per heavy atom. The van der Waals surface area contributed by atoms with Crippen molar-refractivity contribution >= 4 is 29.6 Å². The van der Waals surface area contributed by atoms with Gasteiger partial charge in [0.25, 0.3) is 0 Å². The number of hydrogen-bond donors (Lipinski definition) is 3. The minimum Gasteiger partial charge on any atom is -0.542 e. The molecule has 2 atom stereocenters. The molecule has 0 bridgehead atoms. The van der Waals surface area contributed by atoms with Crippen molar-refractivity contribution in [2.24, 2.45) is 17.6 Å². The molecule has 2 amide bonds. The topological polar surface area (TPSA) is 171 Å². The maximum absolute atomic E-state index is 13.1. The molecule has 0 spiro atoms. The standard InChI is InChI=1S/C23H43N5O2.2C2HF3O2/c1-16(2)13-18(15-28-12-8-11-27-10-7-9-20(27)28)25-22(30)23(5,6)26-21(29)19(24)14-17(3)4;2*3-2(4,5)1(6)7/h16-19H,7-15,24H2,1-6H3,(H-,25,26,29,30);2*(H,6,7)/p-1/t18-,19-;;/m0../s1. The van der Waals surface area contributed by atoms with E-state index in [2.05, 4.69) is 34.0 Å². The summed E-state index contributed by atoms with van der Waals surface area (Å²) in [5, 5.41) is 23.7. The molecule has 0 aliphatic carbocycles. The first-order valence-electron chi connectivity index (χ1n) is 14.2. The van der Waals surface area contributed by atoms with Gasteiger partial charge in [-0.15, -0.1) is 0 Å². The molecule has 0 aromatic rings. The molecule has 4 N–H and O–H groups in total. The smallest absolute Gasteiger partial charge is 0.430 e. The van der Waals surface area contributed by atoms with Gasteiger partial charge < -0.3 is 36.2 Å². The van der Waals surface area contributed by atoms with E-state index >= 15 is 0 Å². The quantitative estimate of drug-likeness (QED) is 0.224. The van der Waals surface area contributed by atoms with Crippen LogP contribution in [0.5, 0.6) is 0 Å². The first-order chi connectivity index (χ1) is 19.9. The largest absolute Gasteiger partial charge is 0.542 e. The monoisotopic (exact) mass is 648 g/mol. The van der Waals surface area contributed by atoms with Gasteiger partial charge in [-0.1, -0.05) is 27.7 Å². The number of carboxylic acid groups (broad SMARTS) is 2. The Morgan fingerprint density at radius 3 is 1.77 bits per heavy atom. The molecule has 0 radical (unpaired) electrons. The third kappa shape index (κ3) is 15.6. The highest BCUT2D eigenvalue weighted by Gasteiger charge is 2.36. The molecule has 2 rings (SSSR count). The molecule has 256 valence electrons. The highest BCUT2D eigenvalue weighted by atomic mass is 19.4. The van der Waals surface area contributed by atoms with E-state index in [4.69, 9.17) is 25.5 Å². The third-order valence-corrected chi connectivity index (χ3v) is 6.47. The zero-order valence-electron chi connectivity index (χ0n) is 25.9. The number of rotatable bonds is 10. The zero-order chi connectivity index (χ0) is 34.6. The maximum atomic E-state index is 13.1. The average molecular weight is 649 g/mol. The number of alkyl halides is 6. The zero-order valence-corrected chi connectivity index (χ0v) is 25.9. The number of aliphatic carboxylic acids is 2. The van der Waals surface area contributed by atoms with Gasteiger partial charge in [-0.3, -0.25) is 19.1 Å². The normalized spacial score (nSPS) is 16.7. The molecule has 44 heavy (non-hydrogen) atoms. The van der Waals surface area contributed by atoms with Gasteiger partial charge in [-0.2, -0.15) is 26.3 Å². The van der Waals surface area contributed by atoms with Crippen LogP contribution in [0.25, 0.3) is 0 Å². The number of carbonyl (C=O) groups excluding carboxylic acids is 4. The summed E-state index contributed by atoms with van der Waals surface area (Å²) in [7, 11) is 0. The molecular formula is C27H44F6N5O6-. The van der Waals surface area contributed by atoms with E-state index < -0.39 is 35.9 Å². The number of nitrogens with zero attached hydrogens (tertiary/aromatic N) is 2. The number of nitrogens with two attached hydrogens (primary N) is 1. The second kappa shape index (κ2) is 17.4. The van der Waals surface area contributed by atoms with Gasteiger partial charge in [0.05, 0.1) is 38.1 Å². The van der Waals surface area contributed by atoms with E-state index in [9.17, 15) is 35.9 Å². The predicted octanol–water partition coefficient (Wildman–Crippen LogP) is 0.293. The highest BCUT2D eigenvalue weighted by Crippen LogP contribution is 2.17. The second-order valence-electron chi connectivity index (χ2n) is 12.0. The van der Waals surface area contributed by atoms with Crippen molar-refractivity contribution < 1.29 is 60.3 Å². The van der Waals surface area contributed by atoms with Crippen LogP contribution >= 0.6 is 0 Å². The Balaban J connectivity index is 0.00000109. The van der Waals surface area contributed by atoms with Gasteiger partial charge in [0.2, 0.25) is 17.6 Å². The lowest BCUT2D eigenvalue weighted by atomic mass is 9.98. The van der Waals surface area contributed by atoms with Crippen LogP contribution in [0.15, 0.2) is 0 Å². The van der Waals surface area contributed by atoms with Crippen molar-refractivity contribution in [2.45, 2.75) is 104 Å². The summed E-state index contributed by atoms with van der Waals surface area (Å²) in [5.41, 5.74) is 5.00. The van der Waals surface area contributed by atoms with Crippen LogP contribution in [0.3, 0.4) is 0 Å². The van der Waals surface area contributed by atoms with Gasteiger partial charge in [-0.05, 0) is 44.9 Å². The highest BCUT2D eigenvalue weighted by molar-refractivity contribution is 5.92. The molecule has 0 aromatic heterocycles. The fourth-order valence-electron chi connectivity index (χ4n) is 4.54. The van der Waals surface area contributed by atoms with Crippen molar-refractivity contribution in [1.82, 2.24) is 15.5 Å². The van der Waals surface area contributed by atoms with Gasteiger partial charge in [0, 0.05) is 6.42 Å². The summed E-state index contributed by atoms with van der Waals surface area (Å²) in [6.45, 7) is 16.1. The minimum atomic E-state index is -5.19. The lowest BCUT2D eigenvalue weighted by Crippen LogP contribution is -2.61. The molecule has 2 aliphatic rings. The van der Waals surface area contributed by atoms with Crippen molar-refractivity contribution in [1.29, 1.82) is 0 Å². The van der Waals surface area contributed by atoms with E-state index in [0.29, 0.717) is 18.3 Å². The van der Waals surface area contributed by atoms with Crippen LogP contribution < -0.4 is 26.6 Å². The number of amides is 2. The molecule has 11 nitrogen and oxygen atoms in total.